The van der Waals surface area contributed by atoms with E-state index in [1.54, 1.807) is 55.6 Å². The highest BCUT2D eigenvalue weighted by molar-refractivity contribution is 7.92. The molecular weight excluding hydrogens is 466 g/mol. The van der Waals surface area contributed by atoms with Crippen molar-refractivity contribution in [1.29, 1.82) is 0 Å². The molecule has 1 aromatic heterocycles. The molecule has 35 heavy (non-hydrogen) atoms. The van der Waals surface area contributed by atoms with Crippen LogP contribution in [0, 0.1) is 0 Å². The maximum Gasteiger partial charge on any atom is 0.291 e. The highest BCUT2D eigenvalue weighted by Crippen LogP contribution is 2.33. The van der Waals surface area contributed by atoms with Gasteiger partial charge in [0.15, 0.2) is 5.76 Å². The van der Waals surface area contributed by atoms with Gasteiger partial charge in [-0.25, -0.2) is 8.42 Å². The van der Waals surface area contributed by atoms with Crippen molar-refractivity contribution in [2.75, 3.05) is 35.1 Å². The predicted molar refractivity (Wildman–Crippen MR) is 136 cm³/mol. The number of nitrogens with one attached hydrogen (secondary N) is 2. The van der Waals surface area contributed by atoms with Gasteiger partial charge in [-0.1, -0.05) is 18.2 Å². The Balaban J connectivity index is 1.46. The zero-order chi connectivity index (χ0) is 24.4. The van der Waals surface area contributed by atoms with Crippen LogP contribution in [0.1, 0.15) is 23.4 Å². The second-order valence-corrected chi connectivity index (χ2v) is 9.99. The van der Waals surface area contributed by atoms with Gasteiger partial charge in [0.25, 0.3) is 15.9 Å². The van der Waals surface area contributed by atoms with Crippen molar-refractivity contribution >= 4 is 44.0 Å². The maximum absolute atomic E-state index is 13.1. The Morgan fingerprint density at radius 3 is 2.43 bits per heavy atom. The van der Waals surface area contributed by atoms with E-state index in [2.05, 4.69) is 14.9 Å². The summed E-state index contributed by atoms with van der Waals surface area (Å²) >= 11 is 0. The number of methoxy groups -OCH3 is 1. The van der Waals surface area contributed by atoms with Crippen molar-refractivity contribution in [2.45, 2.75) is 17.7 Å². The van der Waals surface area contributed by atoms with Crippen molar-refractivity contribution in [2.24, 2.45) is 0 Å². The Kier molecular flexibility index (Phi) is 6.08. The smallest absolute Gasteiger partial charge is 0.291 e. The van der Waals surface area contributed by atoms with E-state index in [0.29, 0.717) is 22.7 Å². The Morgan fingerprint density at radius 1 is 0.971 bits per heavy atom. The van der Waals surface area contributed by atoms with Crippen LogP contribution >= 0.6 is 0 Å². The average molecular weight is 492 g/mol. The van der Waals surface area contributed by atoms with Crippen LogP contribution in [-0.4, -0.2) is 34.5 Å². The van der Waals surface area contributed by atoms with Gasteiger partial charge < -0.3 is 19.4 Å². The standard InChI is InChI=1S/C26H25N3O5S/c1-33-20-10-8-19(9-11-20)28-35(31,32)21-12-13-23(29-14-4-5-15-29)22(17-21)27-26(30)25-16-18-6-2-3-7-24(18)34-25/h2-3,6-13,16-17,28H,4-5,14-15H2,1H3,(H,27,30). The van der Waals surface area contributed by atoms with Gasteiger partial charge in [0.2, 0.25) is 0 Å². The van der Waals surface area contributed by atoms with Crippen LogP contribution in [0.5, 0.6) is 5.75 Å². The Labute approximate surface area is 203 Å². The number of fused-ring (bicyclic) bond motifs is 1. The molecule has 5 rings (SSSR count). The van der Waals surface area contributed by atoms with E-state index in [4.69, 9.17) is 9.15 Å². The molecule has 0 atom stereocenters. The number of hydrogen-bond donors (Lipinski definition) is 2. The van der Waals surface area contributed by atoms with E-state index in [1.165, 1.54) is 6.07 Å². The number of benzene rings is 3. The summed E-state index contributed by atoms with van der Waals surface area (Å²) in [4.78, 5) is 15.2. The maximum atomic E-state index is 13.1. The van der Waals surface area contributed by atoms with Crippen LogP contribution in [0.4, 0.5) is 17.1 Å². The third-order valence-corrected chi connectivity index (χ3v) is 7.34. The van der Waals surface area contributed by atoms with Crippen molar-refractivity contribution in [3.8, 4) is 5.75 Å². The summed E-state index contributed by atoms with van der Waals surface area (Å²) in [7, 11) is -2.36. The van der Waals surface area contributed by atoms with Crippen LogP contribution < -0.4 is 19.7 Å². The minimum atomic E-state index is -3.90. The van der Waals surface area contributed by atoms with E-state index in [-0.39, 0.29) is 10.7 Å². The molecule has 1 aliphatic rings. The summed E-state index contributed by atoms with van der Waals surface area (Å²) in [5, 5.41) is 3.69. The number of para-hydroxylation sites is 1. The first-order valence-corrected chi connectivity index (χ1v) is 12.8. The lowest BCUT2D eigenvalue weighted by atomic mass is 10.2. The number of furan rings is 1. The van der Waals surface area contributed by atoms with Crippen LogP contribution in [-0.2, 0) is 10.0 Å². The molecule has 1 amide bonds. The molecule has 0 unspecified atom stereocenters. The molecule has 1 aliphatic heterocycles. The van der Waals surface area contributed by atoms with Crippen LogP contribution in [0.25, 0.3) is 11.0 Å². The fraction of sp³-hybridized carbons (Fsp3) is 0.192. The van der Waals surface area contributed by atoms with E-state index in [0.717, 1.165) is 37.0 Å². The second kappa shape index (κ2) is 9.34. The van der Waals surface area contributed by atoms with Gasteiger partial charge in [0, 0.05) is 24.2 Å². The number of rotatable bonds is 7. The van der Waals surface area contributed by atoms with Gasteiger partial charge in [0.1, 0.15) is 11.3 Å². The molecule has 4 aromatic rings. The second-order valence-electron chi connectivity index (χ2n) is 8.31. The van der Waals surface area contributed by atoms with Gasteiger partial charge >= 0.3 is 0 Å². The van der Waals surface area contributed by atoms with E-state index >= 15 is 0 Å². The van der Waals surface area contributed by atoms with Crippen molar-refractivity contribution in [3.63, 3.8) is 0 Å². The summed E-state index contributed by atoms with van der Waals surface area (Å²) in [6.45, 7) is 1.67. The van der Waals surface area contributed by atoms with Gasteiger partial charge in [-0.3, -0.25) is 9.52 Å². The molecule has 180 valence electrons. The molecule has 1 fully saturated rings. The van der Waals surface area contributed by atoms with Crippen LogP contribution in [0.15, 0.2) is 82.1 Å². The van der Waals surface area contributed by atoms with E-state index < -0.39 is 15.9 Å². The molecule has 0 saturated carbocycles. The zero-order valence-electron chi connectivity index (χ0n) is 19.2. The largest absolute Gasteiger partial charge is 0.497 e. The summed E-state index contributed by atoms with van der Waals surface area (Å²) in [5.41, 5.74) is 2.20. The normalized spacial score (nSPS) is 13.7. The fourth-order valence-corrected chi connectivity index (χ4v) is 5.25. The van der Waals surface area contributed by atoms with Crippen LogP contribution in [0.3, 0.4) is 0 Å². The van der Waals surface area contributed by atoms with Gasteiger partial charge in [0.05, 0.1) is 23.4 Å². The molecule has 0 bridgehead atoms. The molecule has 0 aliphatic carbocycles. The lowest BCUT2D eigenvalue weighted by Gasteiger charge is -2.22. The average Bonchev–Trinajstić information content (AvgIpc) is 3.54. The molecule has 3 aromatic carbocycles. The van der Waals surface area contributed by atoms with Crippen molar-refractivity contribution in [1.82, 2.24) is 0 Å². The topological polar surface area (TPSA) is 101 Å². The summed E-state index contributed by atoms with van der Waals surface area (Å²) < 4.78 is 39.7. The number of carbonyl (C=O) groups is 1. The minimum absolute atomic E-state index is 0.0381. The SMILES string of the molecule is COc1ccc(NS(=O)(=O)c2ccc(N3CCCC3)c(NC(=O)c3cc4ccccc4o3)c2)cc1. The number of sulfonamides is 1. The molecule has 2 N–H and O–H groups in total. The molecule has 0 radical (unpaired) electrons. The van der Waals surface area contributed by atoms with Crippen molar-refractivity contribution in [3.05, 3.63) is 78.6 Å². The van der Waals surface area contributed by atoms with Crippen molar-refractivity contribution < 1.29 is 22.4 Å². The molecule has 0 spiro atoms. The Bertz CT molecular complexity index is 1440. The van der Waals surface area contributed by atoms with E-state index in [9.17, 15) is 13.2 Å². The molecule has 8 nitrogen and oxygen atoms in total. The molecule has 2 heterocycles. The number of amides is 1. The first-order chi connectivity index (χ1) is 16.9. The summed E-state index contributed by atoms with van der Waals surface area (Å²) in [5.74, 6) is 0.334. The minimum Gasteiger partial charge on any atom is -0.497 e. The highest BCUT2D eigenvalue weighted by Gasteiger charge is 2.23. The third kappa shape index (κ3) is 4.81. The monoisotopic (exact) mass is 491 g/mol. The Morgan fingerprint density at radius 2 is 1.71 bits per heavy atom. The molecule has 9 heteroatoms. The Hall–Kier alpha value is -3.98. The quantitative estimate of drug-likeness (QED) is 0.373. The number of ether oxygens (including phenoxy) is 1. The lowest BCUT2D eigenvalue weighted by molar-refractivity contribution is 0.0998. The lowest BCUT2D eigenvalue weighted by Crippen LogP contribution is -2.22. The first kappa shape index (κ1) is 22.8. The molecular formula is C26H25N3O5S. The third-order valence-electron chi connectivity index (χ3n) is 5.96. The van der Waals surface area contributed by atoms with Gasteiger partial charge in [-0.05, 0) is 67.4 Å². The highest BCUT2D eigenvalue weighted by atomic mass is 32.2. The number of nitrogens with zero attached hydrogens (tertiary/aromatic N) is 1. The summed E-state index contributed by atoms with van der Waals surface area (Å²) in [6, 6.07) is 20.4. The van der Waals surface area contributed by atoms with Gasteiger partial charge in [-0.15, -0.1) is 0 Å². The van der Waals surface area contributed by atoms with Crippen LogP contribution in [0.2, 0.25) is 0 Å². The number of hydrogen-bond acceptors (Lipinski definition) is 6. The zero-order valence-corrected chi connectivity index (χ0v) is 20.0. The predicted octanol–water partition coefficient (Wildman–Crippen LogP) is 5.09. The number of anilines is 3. The fourth-order valence-electron chi connectivity index (χ4n) is 4.17. The first-order valence-electron chi connectivity index (χ1n) is 11.3. The molecule has 1 saturated heterocycles. The van der Waals surface area contributed by atoms with E-state index in [1.807, 2.05) is 18.2 Å². The summed E-state index contributed by atoms with van der Waals surface area (Å²) in [6.07, 6.45) is 2.08. The number of carbonyl (C=O) groups excluding carboxylic acids is 1. The van der Waals surface area contributed by atoms with Gasteiger partial charge in [-0.2, -0.15) is 0 Å².